The van der Waals surface area contributed by atoms with E-state index in [1.807, 2.05) is 0 Å². The molecule has 0 unspecified atom stereocenters. The van der Waals surface area contributed by atoms with Crippen LogP contribution in [0, 0.1) is 3.57 Å². The zero-order valence-electron chi connectivity index (χ0n) is 16.3. The lowest BCUT2D eigenvalue weighted by atomic mass is 9.93. The highest BCUT2D eigenvalue weighted by Crippen LogP contribution is 2.51. The van der Waals surface area contributed by atoms with E-state index in [4.69, 9.17) is 28.3 Å². The third-order valence-corrected chi connectivity index (χ3v) is 6.81. The number of ether oxygens (including phenoxy) is 1. The molecule has 12 heteroatoms. The van der Waals surface area contributed by atoms with Crippen LogP contribution in [0.4, 0.5) is 0 Å². The second-order valence-corrected chi connectivity index (χ2v) is 8.53. The summed E-state index contributed by atoms with van der Waals surface area (Å²) in [5, 5.41) is 12.4. The van der Waals surface area contributed by atoms with Gasteiger partial charge in [0.1, 0.15) is 34.9 Å². The number of alkyl halides is 1. The Bertz CT molecular complexity index is 880. The largest absolute Gasteiger partial charge is 0.437 e. The average Bonchev–Trinajstić information content (AvgIpc) is 3.02. The number of nitrogens with zero attached hydrogens (tertiary/aromatic N) is 3. The Morgan fingerprint density at radius 3 is 2.92 bits per heavy atom. The Hall–Kier alpha value is 0.0899. The first kappa shape index (κ1) is 18.1. The molecule has 2 aromatic rings. The lowest BCUT2D eigenvalue weighted by Crippen LogP contribution is -2.53. The van der Waals surface area contributed by atoms with Crippen LogP contribution in [0.3, 0.4) is 0 Å². The highest BCUT2D eigenvalue weighted by molar-refractivity contribution is 14.1. The summed E-state index contributed by atoms with van der Waals surface area (Å²) in [5.74, 6) is 0. The number of hydrogen-bond donors (Lipinski definition) is 1. The molecule has 3 heterocycles. The van der Waals surface area contributed by atoms with Crippen LogP contribution in [0.5, 0.6) is 0 Å². The summed E-state index contributed by atoms with van der Waals surface area (Å²) >= 11 is 11.9. The normalized spacial score (nSPS) is 32.6. The van der Waals surface area contributed by atoms with Crippen molar-refractivity contribution >= 4 is 76.0 Å². The Labute approximate surface area is 182 Å². The van der Waals surface area contributed by atoms with Crippen molar-refractivity contribution in [2.75, 3.05) is 6.61 Å². The first-order chi connectivity index (χ1) is 13.0. The summed E-state index contributed by atoms with van der Waals surface area (Å²) in [6, 6.07) is 0. The number of rotatable bonds is 6. The summed E-state index contributed by atoms with van der Waals surface area (Å²) < 4.78 is 33.6. The molecule has 0 aliphatic carbocycles. The first-order valence-electron chi connectivity index (χ1n) is 9.02. The molecule has 3 rings (SSSR count). The fourth-order valence-corrected chi connectivity index (χ4v) is 5.00. The highest BCUT2D eigenvalue weighted by Gasteiger charge is 2.63. The molecule has 4 atom stereocenters. The van der Waals surface area contributed by atoms with Crippen LogP contribution in [-0.4, -0.2) is 61.6 Å². The summed E-state index contributed by atoms with van der Waals surface area (Å²) in [4.78, 5) is 8.32. The topological polar surface area (TPSA) is 78.6 Å². The van der Waals surface area contributed by atoms with Gasteiger partial charge in [-0.05, 0) is 45.4 Å². The fraction of sp³-hybridized carbons (Fsp3) is 0.571. The SMILES string of the molecule is [2H]B(C)OC[C@H]1O[C@@](Br)(n2cc(I)c3c(Cl)ncnc32)[C@@](C)(O)[C@@H]1OB([2H])C. The van der Waals surface area contributed by atoms with Crippen molar-refractivity contribution in [1.82, 2.24) is 14.5 Å². The van der Waals surface area contributed by atoms with E-state index < -0.39 is 37.3 Å². The van der Waals surface area contributed by atoms with E-state index >= 15 is 0 Å². The Morgan fingerprint density at radius 2 is 2.27 bits per heavy atom. The van der Waals surface area contributed by atoms with Gasteiger partial charge in [0.2, 0.25) is 4.63 Å². The van der Waals surface area contributed by atoms with E-state index in [-0.39, 0.29) is 11.8 Å². The molecule has 140 valence electrons. The number of fused-ring (bicyclic) bond motifs is 1. The van der Waals surface area contributed by atoms with Crippen molar-refractivity contribution in [3.8, 4) is 0 Å². The zero-order chi connectivity index (χ0) is 20.9. The Morgan fingerprint density at radius 1 is 1.54 bits per heavy atom. The lowest BCUT2D eigenvalue weighted by Gasteiger charge is -2.37. The summed E-state index contributed by atoms with van der Waals surface area (Å²) in [6.07, 6.45) is 1.44. The van der Waals surface area contributed by atoms with E-state index in [1.54, 1.807) is 31.3 Å². The number of aliphatic hydroxyl groups is 1. The molecule has 0 aromatic carbocycles. The lowest BCUT2D eigenvalue weighted by molar-refractivity contribution is -0.114. The molecular weight excluding hydrogens is 538 g/mol. The molecule has 26 heavy (non-hydrogen) atoms. The van der Waals surface area contributed by atoms with Gasteiger partial charge in [0.25, 0.3) is 14.9 Å². The van der Waals surface area contributed by atoms with Crippen LogP contribution < -0.4 is 0 Å². The van der Waals surface area contributed by atoms with Gasteiger partial charge in [-0.25, -0.2) is 9.97 Å². The minimum absolute atomic E-state index is 0.0115. The quantitative estimate of drug-likeness (QED) is 0.253. The minimum atomic E-state index is -1.62. The molecule has 0 amide bonds. The molecule has 7 nitrogen and oxygen atoms in total. The highest BCUT2D eigenvalue weighted by atomic mass is 127. The molecule has 0 saturated carbocycles. The third-order valence-electron chi connectivity index (χ3n) is 4.33. The van der Waals surface area contributed by atoms with Crippen LogP contribution in [0.15, 0.2) is 12.5 Å². The van der Waals surface area contributed by atoms with Crippen LogP contribution in [-0.2, 0) is 18.7 Å². The van der Waals surface area contributed by atoms with Crippen molar-refractivity contribution in [2.45, 2.75) is 43.0 Å². The molecule has 0 bridgehead atoms. The summed E-state index contributed by atoms with van der Waals surface area (Å²) in [5.41, 5.74) is -1.15. The average molecular weight is 558 g/mol. The van der Waals surface area contributed by atoms with Crippen molar-refractivity contribution < 1.29 is 19.2 Å². The molecule has 2 aromatic heterocycles. The van der Waals surface area contributed by atoms with Gasteiger partial charge in [0.15, 0.2) is 0 Å². The Balaban J connectivity index is 2.10. The van der Waals surface area contributed by atoms with Crippen LogP contribution in [0.1, 0.15) is 6.92 Å². The standard InChI is InChI=1S/C14H18B2BrClIN3O4/c1-13(23)10(26-16-3)8(5-24-15-2)25-14(13,17)22-4-7(19)9-11(18)20-6-21-12(9)22/h4,6,8,10,15-16,23H,5H2,1-3H3/t8-,10-,13+,14+/m1/s1/i15D,16D. The number of hydrogen-bond acceptors (Lipinski definition) is 6. The van der Waals surface area contributed by atoms with Gasteiger partial charge < -0.3 is 19.2 Å². The van der Waals surface area contributed by atoms with Gasteiger partial charge in [0.05, 0.1) is 12.0 Å². The molecule has 1 N–H and O–H groups in total. The van der Waals surface area contributed by atoms with E-state index in [9.17, 15) is 5.11 Å². The van der Waals surface area contributed by atoms with E-state index in [0.29, 0.717) is 11.0 Å². The summed E-state index contributed by atoms with van der Waals surface area (Å²) in [7, 11) is -1.67. The second kappa shape index (κ2) is 7.84. The van der Waals surface area contributed by atoms with Crippen LogP contribution in [0.2, 0.25) is 18.8 Å². The maximum absolute atomic E-state index is 11.5. The van der Waals surface area contributed by atoms with Crippen molar-refractivity contribution in [3.63, 3.8) is 0 Å². The predicted molar refractivity (Wildman–Crippen MR) is 115 cm³/mol. The van der Waals surface area contributed by atoms with Gasteiger partial charge in [-0.15, -0.1) is 0 Å². The summed E-state index contributed by atoms with van der Waals surface area (Å²) in [6.45, 7) is 4.70. The van der Waals surface area contributed by atoms with E-state index in [0.717, 1.165) is 3.57 Å². The molecule has 1 aliphatic heterocycles. The van der Waals surface area contributed by atoms with Gasteiger partial charge >= 0.3 is 0 Å². The molecule has 1 saturated heterocycles. The van der Waals surface area contributed by atoms with Crippen molar-refractivity contribution in [1.29, 1.82) is 2.67 Å². The predicted octanol–water partition coefficient (Wildman–Crippen LogP) is 2.05. The van der Waals surface area contributed by atoms with E-state index in [2.05, 4.69) is 48.5 Å². The fourth-order valence-electron chi connectivity index (χ4n) is 3.10. The van der Waals surface area contributed by atoms with Gasteiger partial charge in [-0.1, -0.05) is 25.2 Å². The molecule has 0 radical (unpaired) electrons. The maximum atomic E-state index is 11.5. The van der Waals surface area contributed by atoms with Crippen LogP contribution in [0.25, 0.3) is 11.0 Å². The number of halogens is 3. The zero-order valence-corrected chi connectivity index (χ0v) is 18.8. The maximum Gasteiger partial charge on any atom is 0.272 e. The smallest absolute Gasteiger partial charge is 0.272 e. The van der Waals surface area contributed by atoms with E-state index in [1.165, 1.54) is 6.33 Å². The second-order valence-electron chi connectivity index (χ2n) is 5.94. The van der Waals surface area contributed by atoms with Crippen molar-refractivity contribution in [3.05, 3.63) is 21.2 Å². The monoisotopic (exact) mass is 557 g/mol. The number of aromatic nitrogens is 3. The van der Waals surface area contributed by atoms with Gasteiger partial charge in [-0.3, -0.25) is 4.57 Å². The Kier molecular flexibility index (Phi) is 5.47. The van der Waals surface area contributed by atoms with Crippen LogP contribution >= 0.6 is 50.1 Å². The first-order valence-corrected chi connectivity index (χ1v) is 10.1. The van der Waals surface area contributed by atoms with Gasteiger partial charge in [0, 0.05) is 12.4 Å². The molecular formula is C14H18B2BrClIN3O4. The third kappa shape index (κ3) is 3.23. The minimum Gasteiger partial charge on any atom is -0.437 e. The molecule has 1 fully saturated rings. The molecule has 1 aliphatic rings. The van der Waals surface area contributed by atoms with Gasteiger partial charge in [-0.2, -0.15) is 0 Å². The molecule has 0 spiro atoms. The van der Waals surface area contributed by atoms with Crippen molar-refractivity contribution in [2.24, 2.45) is 0 Å².